The third-order valence-electron chi connectivity index (χ3n) is 3.03. The molecule has 2 aromatic rings. The number of benzene rings is 1. The van der Waals surface area contributed by atoms with Crippen LogP contribution in [0.3, 0.4) is 0 Å². The van der Waals surface area contributed by atoms with E-state index in [9.17, 15) is 4.79 Å². The maximum absolute atomic E-state index is 11.7. The van der Waals surface area contributed by atoms with Crippen LogP contribution in [0.4, 0.5) is 0 Å². The lowest BCUT2D eigenvalue weighted by Gasteiger charge is -2.20. The van der Waals surface area contributed by atoms with Crippen molar-refractivity contribution < 1.29 is 14.2 Å². The van der Waals surface area contributed by atoms with E-state index in [4.69, 9.17) is 9.37 Å². The van der Waals surface area contributed by atoms with E-state index in [1.54, 1.807) is 6.92 Å². The summed E-state index contributed by atoms with van der Waals surface area (Å²) in [6.45, 7) is 5.33. The highest BCUT2D eigenvalue weighted by Gasteiger charge is 2.16. The Morgan fingerprint density at radius 2 is 2.00 bits per heavy atom. The molecule has 112 valence electrons. The van der Waals surface area contributed by atoms with Gasteiger partial charge in [0.2, 0.25) is 0 Å². The third-order valence-corrected chi connectivity index (χ3v) is 3.03. The summed E-state index contributed by atoms with van der Waals surface area (Å²) in [5.41, 5.74) is 2.59. The number of carbonyl (C=O) groups is 1. The van der Waals surface area contributed by atoms with E-state index >= 15 is 0 Å². The van der Waals surface area contributed by atoms with Crippen molar-refractivity contribution in [3.63, 3.8) is 0 Å². The molecule has 0 aliphatic carbocycles. The number of hydrogen-bond donors (Lipinski definition) is 0. The molecule has 1 aromatic heterocycles. The smallest absolute Gasteiger partial charge is 0.320 e. The molecule has 0 atom stereocenters. The molecule has 0 aliphatic heterocycles. The van der Waals surface area contributed by atoms with Gasteiger partial charge in [-0.15, -0.1) is 0 Å². The fourth-order valence-electron chi connectivity index (χ4n) is 2.00. The van der Waals surface area contributed by atoms with Crippen molar-refractivity contribution in [2.75, 3.05) is 13.2 Å². The van der Waals surface area contributed by atoms with Gasteiger partial charge in [-0.3, -0.25) is 9.69 Å². The van der Waals surface area contributed by atoms with Crippen LogP contribution < -0.4 is 0 Å². The Labute approximate surface area is 123 Å². The van der Waals surface area contributed by atoms with Crippen LogP contribution in [-0.2, 0) is 22.6 Å². The topological polar surface area (TPSA) is 68.5 Å². The van der Waals surface area contributed by atoms with E-state index < -0.39 is 0 Å². The van der Waals surface area contributed by atoms with Gasteiger partial charge in [0.25, 0.3) is 0 Å². The Morgan fingerprint density at radius 1 is 1.24 bits per heavy atom. The molecule has 1 aromatic carbocycles. The fraction of sp³-hybridized carbons (Fsp3) is 0.400. The van der Waals surface area contributed by atoms with Crippen molar-refractivity contribution in [3.8, 4) is 0 Å². The summed E-state index contributed by atoms with van der Waals surface area (Å²) in [5.74, 6) is -0.248. The number of hydrogen-bond acceptors (Lipinski definition) is 6. The van der Waals surface area contributed by atoms with E-state index in [1.165, 1.54) is 0 Å². The van der Waals surface area contributed by atoms with E-state index in [0.717, 1.165) is 17.0 Å². The first-order valence-corrected chi connectivity index (χ1v) is 6.89. The number of aromatic nitrogens is 2. The average Bonchev–Trinajstić information content (AvgIpc) is 2.85. The minimum Gasteiger partial charge on any atom is -0.465 e. The van der Waals surface area contributed by atoms with Crippen molar-refractivity contribution in [2.45, 2.75) is 26.9 Å². The summed E-state index contributed by atoms with van der Waals surface area (Å²) in [6, 6.07) is 9.95. The van der Waals surface area contributed by atoms with Crippen molar-refractivity contribution in [1.82, 2.24) is 15.2 Å². The molecule has 21 heavy (non-hydrogen) atoms. The van der Waals surface area contributed by atoms with Crippen LogP contribution in [0.2, 0.25) is 0 Å². The summed E-state index contributed by atoms with van der Waals surface area (Å²) >= 11 is 0. The maximum atomic E-state index is 11.7. The zero-order valence-electron chi connectivity index (χ0n) is 12.3. The Kier molecular flexibility index (Phi) is 5.45. The highest BCUT2D eigenvalue weighted by molar-refractivity contribution is 5.71. The number of rotatable bonds is 7. The van der Waals surface area contributed by atoms with Crippen molar-refractivity contribution in [2.24, 2.45) is 0 Å². The fourth-order valence-corrected chi connectivity index (χ4v) is 2.00. The van der Waals surface area contributed by atoms with Crippen molar-refractivity contribution in [3.05, 3.63) is 47.3 Å². The predicted molar refractivity (Wildman–Crippen MR) is 76.2 cm³/mol. The standard InChI is InChI=1S/C15H19N3O3/c1-3-20-15(19)11-18(9-13-7-5-4-6-8-13)10-14-12(2)16-21-17-14/h4-8H,3,9-11H2,1-2H3. The van der Waals surface area contributed by atoms with Crippen LogP contribution in [0, 0.1) is 6.92 Å². The van der Waals surface area contributed by atoms with Gasteiger partial charge in [-0.2, -0.15) is 0 Å². The third kappa shape index (κ3) is 4.68. The molecule has 0 aliphatic rings. The number of esters is 1. The molecule has 1 heterocycles. The van der Waals surface area contributed by atoms with Crippen molar-refractivity contribution >= 4 is 5.97 Å². The molecule has 0 bridgehead atoms. The van der Waals surface area contributed by atoms with Crippen LogP contribution in [0.25, 0.3) is 0 Å². The summed E-state index contributed by atoms with van der Waals surface area (Å²) < 4.78 is 9.73. The molecule has 0 radical (unpaired) electrons. The second kappa shape index (κ2) is 7.54. The maximum Gasteiger partial charge on any atom is 0.320 e. The monoisotopic (exact) mass is 289 g/mol. The zero-order valence-corrected chi connectivity index (χ0v) is 12.3. The molecule has 0 amide bonds. The molecule has 0 fully saturated rings. The van der Waals surface area contributed by atoms with Crippen LogP contribution in [0.1, 0.15) is 23.9 Å². The normalized spacial score (nSPS) is 10.8. The molecule has 0 N–H and O–H groups in total. The van der Waals surface area contributed by atoms with Crippen LogP contribution >= 0.6 is 0 Å². The highest BCUT2D eigenvalue weighted by atomic mass is 16.6. The second-order valence-corrected chi connectivity index (χ2v) is 4.73. The summed E-state index contributed by atoms with van der Waals surface area (Å²) in [5, 5.41) is 7.63. The Hall–Kier alpha value is -2.21. The second-order valence-electron chi connectivity index (χ2n) is 4.73. The van der Waals surface area contributed by atoms with E-state index in [2.05, 4.69) is 10.3 Å². The summed E-state index contributed by atoms with van der Waals surface area (Å²) in [4.78, 5) is 13.7. The lowest BCUT2D eigenvalue weighted by molar-refractivity contribution is -0.144. The molecule has 0 unspecified atom stereocenters. The van der Waals surface area contributed by atoms with Gasteiger partial charge in [0.1, 0.15) is 11.4 Å². The van der Waals surface area contributed by atoms with Gasteiger partial charge in [-0.1, -0.05) is 40.6 Å². The number of carbonyl (C=O) groups excluding carboxylic acids is 1. The SMILES string of the molecule is CCOC(=O)CN(Cc1ccccc1)Cc1nonc1C. The van der Waals surface area contributed by atoms with Crippen LogP contribution in [-0.4, -0.2) is 34.3 Å². The predicted octanol–water partition coefficient (Wildman–Crippen LogP) is 1.94. The molecule has 0 spiro atoms. The lowest BCUT2D eigenvalue weighted by Crippen LogP contribution is -2.30. The average molecular weight is 289 g/mol. The van der Waals surface area contributed by atoms with E-state index in [-0.39, 0.29) is 12.5 Å². The molecule has 0 saturated carbocycles. The number of aryl methyl sites for hydroxylation is 1. The Bertz CT molecular complexity index is 569. The minimum absolute atomic E-state index is 0.203. The molecule has 6 nitrogen and oxygen atoms in total. The highest BCUT2D eigenvalue weighted by Crippen LogP contribution is 2.10. The largest absolute Gasteiger partial charge is 0.465 e. The molecule has 6 heteroatoms. The Morgan fingerprint density at radius 3 is 2.62 bits per heavy atom. The first-order valence-electron chi connectivity index (χ1n) is 6.89. The number of nitrogens with zero attached hydrogens (tertiary/aromatic N) is 3. The molecular weight excluding hydrogens is 270 g/mol. The first-order chi connectivity index (χ1) is 10.2. The van der Waals surface area contributed by atoms with Gasteiger partial charge in [-0.05, 0) is 19.4 Å². The van der Waals surface area contributed by atoms with Crippen LogP contribution in [0.15, 0.2) is 35.0 Å². The van der Waals surface area contributed by atoms with Gasteiger partial charge in [0.15, 0.2) is 0 Å². The summed E-state index contributed by atoms with van der Waals surface area (Å²) in [6.07, 6.45) is 0. The van der Waals surface area contributed by atoms with Crippen LogP contribution in [0.5, 0.6) is 0 Å². The molecule has 0 saturated heterocycles. The van der Waals surface area contributed by atoms with E-state index in [1.807, 2.05) is 42.2 Å². The van der Waals surface area contributed by atoms with Gasteiger partial charge in [0.05, 0.1) is 13.2 Å². The lowest BCUT2D eigenvalue weighted by atomic mass is 10.2. The number of ether oxygens (including phenoxy) is 1. The quantitative estimate of drug-likeness (QED) is 0.726. The minimum atomic E-state index is -0.248. The molecular formula is C15H19N3O3. The van der Waals surface area contributed by atoms with Gasteiger partial charge in [-0.25, -0.2) is 4.63 Å². The first kappa shape index (κ1) is 15.2. The van der Waals surface area contributed by atoms with Gasteiger partial charge < -0.3 is 4.74 Å². The Balaban J connectivity index is 2.06. The van der Waals surface area contributed by atoms with E-state index in [0.29, 0.717) is 19.7 Å². The van der Waals surface area contributed by atoms with Gasteiger partial charge in [0, 0.05) is 13.1 Å². The zero-order chi connectivity index (χ0) is 15.1. The van der Waals surface area contributed by atoms with Gasteiger partial charge >= 0.3 is 5.97 Å². The molecule has 2 rings (SSSR count). The summed E-state index contributed by atoms with van der Waals surface area (Å²) in [7, 11) is 0. The van der Waals surface area contributed by atoms with Crippen molar-refractivity contribution in [1.29, 1.82) is 0 Å².